The molecular weight excluding hydrogens is 192 g/mol. The van der Waals surface area contributed by atoms with Crippen molar-refractivity contribution in [1.82, 2.24) is 5.06 Å². The van der Waals surface area contributed by atoms with E-state index in [-0.39, 0.29) is 0 Å². The molecule has 0 bridgehead atoms. The van der Waals surface area contributed by atoms with E-state index in [9.17, 15) is 10.0 Å². The second kappa shape index (κ2) is 4.33. The highest BCUT2D eigenvalue weighted by atomic mass is 16.5. The monoisotopic (exact) mass is 214 g/mol. The average molecular weight is 214 g/mol. The van der Waals surface area contributed by atoms with E-state index in [0.717, 1.165) is 5.06 Å². The quantitative estimate of drug-likeness (QED) is 0.698. The molecule has 0 aromatic carbocycles. The summed E-state index contributed by atoms with van der Waals surface area (Å²) in [5.41, 5.74) is 4.44. The van der Waals surface area contributed by atoms with Crippen LogP contribution >= 0.6 is 0 Å². The topological polar surface area (TPSA) is 66.6 Å². The van der Waals surface area contributed by atoms with Crippen LogP contribution in [0.4, 0.5) is 0 Å². The van der Waals surface area contributed by atoms with Crippen LogP contribution in [0.15, 0.2) is 11.6 Å². The standard InChI is InChI=1S/C9H16N2O2.C2H6/c1-8(2)5-6(7(10)12)9(3,4)11(8)13;1-2/h5,13H,1-4H3,(H2,10,12);1-2H3. The molecule has 0 aromatic heterocycles. The van der Waals surface area contributed by atoms with E-state index < -0.39 is 17.0 Å². The van der Waals surface area contributed by atoms with Gasteiger partial charge in [-0.15, -0.1) is 0 Å². The molecular formula is C11H22N2O2. The van der Waals surface area contributed by atoms with Gasteiger partial charge >= 0.3 is 0 Å². The van der Waals surface area contributed by atoms with E-state index in [2.05, 4.69) is 0 Å². The predicted octanol–water partition coefficient (Wildman–Crippen LogP) is 1.69. The van der Waals surface area contributed by atoms with Crippen LogP contribution in [0.1, 0.15) is 41.5 Å². The van der Waals surface area contributed by atoms with Gasteiger partial charge in [0.15, 0.2) is 0 Å². The summed E-state index contributed by atoms with van der Waals surface area (Å²) in [4.78, 5) is 11.1. The number of amides is 1. The molecule has 4 heteroatoms. The Morgan fingerprint density at radius 1 is 1.33 bits per heavy atom. The van der Waals surface area contributed by atoms with Crippen molar-refractivity contribution < 1.29 is 10.0 Å². The van der Waals surface area contributed by atoms with Crippen molar-refractivity contribution in [3.8, 4) is 0 Å². The zero-order chi connectivity index (χ0) is 12.4. The minimum atomic E-state index is -0.699. The third kappa shape index (κ3) is 2.38. The molecule has 1 aliphatic rings. The average Bonchev–Trinajstić information content (AvgIpc) is 2.30. The highest BCUT2D eigenvalue weighted by Gasteiger charge is 2.46. The van der Waals surface area contributed by atoms with Crippen molar-refractivity contribution in [2.75, 3.05) is 0 Å². The SMILES string of the molecule is CC.CC1(C)C=C(C(N)=O)C(C)(C)N1O. The van der Waals surface area contributed by atoms with Crippen molar-refractivity contribution in [1.29, 1.82) is 0 Å². The molecule has 15 heavy (non-hydrogen) atoms. The van der Waals surface area contributed by atoms with Gasteiger partial charge in [0.1, 0.15) is 0 Å². The number of primary amides is 1. The van der Waals surface area contributed by atoms with Gasteiger partial charge in [-0.2, -0.15) is 5.06 Å². The lowest BCUT2D eigenvalue weighted by Gasteiger charge is -2.35. The van der Waals surface area contributed by atoms with Crippen LogP contribution in [0.25, 0.3) is 0 Å². The summed E-state index contributed by atoms with van der Waals surface area (Å²) >= 11 is 0. The van der Waals surface area contributed by atoms with E-state index in [1.165, 1.54) is 0 Å². The minimum absolute atomic E-state index is 0.458. The highest BCUT2D eigenvalue weighted by Crippen LogP contribution is 2.37. The number of carbonyl (C=O) groups is 1. The normalized spacial score (nSPS) is 22.7. The third-order valence-corrected chi connectivity index (χ3v) is 2.50. The molecule has 1 amide bonds. The molecule has 1 rings (SSSR count). The smallest absolute Gasteiger partial charge is 0.246 e. The summed E-state index contributed by atoms with van der Waals surface area (Å²) in [5.74, 6) is -0.477. The molecule has 88 valence electrons. The van der Waals surface area contributed by atoms with Crippen molar-refractivity contribution in [2.24, 2.45) is 5.73 Å². The maximum absolute atomic E-state index is 11.1. The van der Waals surface area contributed by atoms with E-state index in [1.807, 2.05) is 27.7 Å². The maximum Gasteiger partial charge on any atom is 0.246 e. The Bertz CT molecular complexity index is 280. The lowest BCUT2D eigenvalue weighted by molar-refractivity contribution is -0.185. The second-order valence-corrected chi connectivity index (χ2v) is 4.45. The van der Waals surface area contributed by atoms with Crippen LogP contribution < -0.4 is 5.73 Å². The van der Waals surface area contributed by atoms with Crippen molar-refractivity contribution in [3.63, 3.8) is 0 Å². The summed E-state index contributed by atoms with van der Waals surface area (Å²) in [6, 6.07) is 0. The molecule has 0 saturated heterocycles. The van der Waals surface area contributed by atoms with Crippen LogP contribution in [-0.4, -0.2) is 27.3 Å². The number of hydroxylamine groups is 2. The molecule has 0 atom stereocenters. The minimum Gasteiger partial charge on any atom is -0.366 e. The molecule has 4 nitrogen and oxygen atoms in total. The van der Waals surface area contributed by atoms with Crippen LogP contribution in [0, 0.1) is 0 Å². The van der Waals surface area contributed by atoms with Crippen molar-refractivity contribution in [3.05, 3.63) is 11.6 Å². The lowest BCUT2D eigenvalue weighted by atomic mass is 9.96. The predicted molar refractivity (Wildman–Crippen MR) is 60.4 cm³/mol. The van der Waals surface area contributed by atoms with Crippen molar-refractivity contribution >= 4 is 5.91 Å². The van der Waals surface area contributed by atoms with Gasteiger partial charge in [0.05, 0.1) is 11.1 Å². The van der Waals surface area contributed by atoms with Crippen LogP contribution in [0.3, 0.4) is 0 Å². The Balaban J connectivity index is 0.000000921. The zero-order valence-electron chi connectivity index (χ0n) is 10.5. The van der Waals surface area contributed by atoms with E-state index in [4.69, 9.17) is 5.73 Å². The van der Waals surface area contributed by atoms with Gasteiger partial charge in [-0.05, 0) is 27.7 Å². The van der Waals surface area contributed by atoms with Gasteiger partial charge in [-0.1, -0.05) is 19.9 Å². The third-order valence-electron chi connectivity index (χ3n) is 2.50. The summed E-state index contributed by atoms with van der Waals surface area (Å²) < 4.78 is 0. The lowest BCUT2D eigenvalue weighted by Crippen LogP contribution is -2.49. The Kier molecular flexibility index (Phi) is 4.08. The first-order valence-electron chi connectivity index (χ1n) is 5.22. The molecule has 0 aliphatic carbocycles. The maximum atomic E-state index is 11.1. The molecule has 0 spiro atoms. The molecule has 0 aromatic rings. The number of hydrogen-bond acceptors (Lipinski definition) is 3. The van der Waals surface area contributed by atoms with E-state index in [1.54, 1.807) is 19.9 Å². The second-order valence-electron chi connectivity index (χ2n) is 4.45. The summed E-state index contributed by atoms with van der Waals surface area (Å²) in [6.07, 6.45) is 1.70. The molecule has 0 radical (unpaired) electrons. The first kappa shape index (κ1) is 14.1. The van der Waals surface area contributed by atoms with Gasteiger partial charge < -0.3 is 10.9 Å². The Morgan fingerprint density at radius 3 is 1.87 bits per heavy atom. The van der Waals surface area contributed by atoms with Crippen LogP contribution in [-0.2, 0) is 4.79 Å². The van der Waals surface area contributed by atoms with Gasteiger partial charge in [0.25, 0.3) is 0 Å². The summed E-state index contributed by atoms with van der Waals surface area (Å²) in [5, 5.41) is 10.9. The Morgan fingerprint density at radius 2 is 1.73 bits per heavy atom. The summed E-state index contributed by atoms with van der Waals surface area (Å²) in [6.45, 7) is 11.2. The van der Waals surface area contributed by atoms with E-state index >= 15 is 0 Å². The molecule has 1 heterocycles. The fourth-order valence-electron chi connectivity index (χ4n) is 1.80. The Labute approximate surface area is 91.7 Å². The zero-order valence-corrected chi connectivity index (χ0v) is 10.5. The first-order valence-corrected chi connectivity index (χ1v) is 5.22. The van der Waals surface area contributed by atoms with Crippen LogP contribution in [0.2, 0.25) is 0 Å². The Hall–Kier alpha value is -0.870. The molecule has 0 unspecified atom stereocenters. The number of hydrogen-bond donors (Lipinski definition) is 2. The first-order chi connectivity index (χ1) is 6.69. The van der Waals surface area contributed by atoms with Gasteiger partial charge in [-0.3, -0.25) is 4.79 Å². The molecule has 3 N–H and O–H groups in total. The number of rotatable bonds is 1. The summed E-state index contributed by atoms with van der Waals surface area (Å²) in [7, 11) is 0. The van der Waals surface area contributed by atoms with Gasteiger partial charge in [-0.25, -0.2) is 0 Å². The van der Waals surface area contributed by atoms with Gasteiger partial charge in [0.2, 0.25) is 5.91 Å². The van der Waals surface area contributed by atoms with Gasteiger partial charge in [0, 0.05) is 5.57 Å². The fraction of sp³-hybridized carbons (Fsp3) is 0.727. The number of carbonyl (C=O) groups excluding carboxylic acids is 1. The molecule has 1 aliphatic heterocycles. The molecule has 0 fully saturated rings. The largest absolute Gasteiger partial charge is 0.366 e. The highest BCUT2D eigenvalue weighted by molar-refractivity contribution is 5.95. The van der Waals surface area contributed by atoms with E-state index in [0.29, 0.717) is 5.57 Å². The van der Waals surface area contributed by atoms with Crippen LogP contribution in [0.5, 0.6) is 0 Å². The number of nitrogens with two attached hydrogens (primary N) is 1. The molecule has 0 saturated carbocycles. The fourth-order valence-corrected chi connectivity index (χ4v) is 1.80. The van der Waals surface area contributed by atoms with Crippen molar-refractivity contribution in [2.45, 2.75) is 52.6 Å². The number of nitrogens with zero attached hydrogens (tertiary/aromatic N) is 1.